The van der Waals surface area contributed by atoms with Crippen molar-refractivity contribution in [3.8, 4) is 11.4 Å². The Balaban J connectivity index is 1.25. The molecule has 1 amide bonds. The zero-order valence-corrected chi connectivity index (χ0v) is 20.0. The minimum atomic E-state index is 0.0840. The molecule has 166 valence electrons. The van der Waals surface area contributed by atoms with Crippen LogP contribution in [0.1, 0.15) is 34.3 Å². The fourth-order valence-corrected chi connectivity index (χ4v) is 5.93. The molecule has 0 aliphatic carbocycles. The number of imidazole rings is 1. The predicted octanol–water partition coefficient (Wildman–Crippen LogP) is 5.75. The van der Waals surface area contributed by atoms with Gasteiger partial charge in [-0.05, 0) is 61.6 Å². The third-order valence-corrected chi connectivity index (χ3v) is 7.64. The molecule has 0 radical (unpaired) electrons. The Morgan fingerprint density at radius 3 is 2.76 bits per heavy atom. The fraction of sp³-hybridized carbons (Fsp3) is 0.259. The Morgan fingerprint density at radius 1 is 1.12 bits per heavy atom. The van der Waals surface area contributed by atoms with Crippen molar-refractivity contribution in [1.82, 2.24) is 20.0 Å². The summed E-state index contributed by atoms with van der Waals surface area (Å²) in [4.78, 5) is 21.7. The van der Waals surface area contributed by atoms with E-state index in [1.165, 1.54) is 5.56 Å². The largest absolute Gasteiger partial charge is 0.338 e. The summed E-state index contributed by atoms with van der Waals surface area (Å²) in [5, 5.41) is 4.31. The van der Waals surface area contributed by atoms with Gasteiger partial charge >= 0.3 is 0 Å². The first-order valence-corrected chi connectivity index (χ1v) is 12.3. The summed E-state index contributed by atoms with van der Waals surface area (Å²) in [5.41, 5.74) is 6.12. The highest BCUT2D eigenvalue weighted by Gasteiger charge is 2.47. The number of nitrogens with one attached hydrogen (secondary N) is 1. The van der Waals surface area contributed by atoms with Crippen LogP contribution in [0, 0.1) is 6.92 Å². The lowest BCUT2D eigenvalue weighted by Crippen LogP contribution is -2.42. The van der Waals surface area contributed by atoms with Crippen LogP contribution in [-0.4, -0.2) is 44.5 Å². The van der Waals surface area contributed by atoms with Gasteiger partial charge in [0.2, 0.25) is 0 Å². The van der Waals surface area contributed by atoms with E-state index in [0.717, 1.165) is 58.3 Å². The topological polar surface area (TPSA) is 52.2 Å². The molecule has 4 aromatic rings. The Hall–Kier alpha value is -2.96. The van der Waals surface area contributed by atoms with E-state index in [0.29, 0.717) is 17.6 Å². The van der Waals surface area contributed by atoms with E-state index in [1.807, 2.05) is 35.3 Å². The Morgan fingerprint density at radius 2 is 1.97 bits per heavy atom. The number of aromatic amines is 1. The lowest BCUT2D eigenvalue weighted by Gasteiger charge is -2.28. The van der Waals surface area contributed by atoms with E-state index in [4.69, 9.17) is 4.98 Å². The number of halogens is 1. The number of hydrazine groups is 1. The number of amides is 1. The number of piperidine rings is 1. The van der Waals surface area contributed by atoms with Gasteiger partial charge in [0.1, 0.15) is 5.82 Å². The molecule has 2 saturated heterocycles. The summed E-state index contributed by atoms with van der Waals surface area (Å²) in [6, 6.07) is 23.2. The van der Waals surface area contributed by atoms with Crippen molar-refractivity contribution in [3.05, 3.63) is 87.9 Å². The maximum absolute atomic E-state index is 13.5. The second-order valence-electron chi connectivity index (χ2n) is 9.09. The Kier molecular flexibility index (Phi) is 5.07. The second-order valence-corrected chi connectivity index (χ2v) is 9.94. The highest BCUT2D eigenvalue weighted by atomic mass is 79.9. The minimum absolute atomic E-state index is 0.0840. The van der Waals surface area contributed by atoms with Crippen molar-refractivity contribution >= 4 is 32.9 Å². The normalized spacial score (nSPS) is 21.8. The monoisotopic (exact) mass is 500 g/mol. The van der Waals surface area contributed by atoms with Gasteiger partial charge in [-0.15, -0.1) is 0 Å². The van der Waals surface area contributed by atoms with Gasteiger partial charge in [-0.25, -0.2) is 9.99 Å². The van der Waals surface area contributed by atoms with Crippen molar-refractivity contribution in [2.24, 2.45) is 0 Å². The molecule has 1 aromatic heterocycles. The number of fused-ring (bicyclic) bond motifs is 3. The third-order valence-electron chi connectivity index (χ3n) is 6.99. The first-order chi connectivity index (χ1) is 16.1. The summed E-state index contributed by atoms with van der Waals surface area (Å²) in [6.07, 6.45) is 3.07. The molecule has 0 spiro atoms. The molecule has 1 N–H and O–H groups in total. The molecule has 3 unspecified atom stereocenters. The number of carbonyl (C=O) groups is 1. The van der Waals surface area contributed by atoms with Gasteiger partial charge in [-0.3, -0.25) is 9.80 Å². The van der Waals surface area contributed by atoms with Crippen LogP contribution in [0.3, 0.4) is 0 Å². The quantitative estimate of drug-likeness (QED) is 0.388. The summed E-state index contributed by atoms with van der Waals surface area (Å²) in [5.74, 6) is 0.888. The van der Waals surface area contributed by atoms with Gasteiger partial charge < -0.3 is 4.98 Å². The van der Waals surface area contributed by atoms with E-state index < -0.39 is 0 Å². The molecular weight excluding hydrogens is 476 g/mol. The van der Waals surface area contributed by atoms with Crippen LogP contribution in [0.25, 0.3) is 22.4 Å². The number of hydrogen-bond donors (Lipinski definition) is 1. The van der Waals surface area contributed by atoms with E-state index >= 15 is 0 Å². The van der Waals surface area contributed by atoms with Gasteiger partial charge in [0.05, 0.1) is 17.1 Å². The zero-order chi connectivity index (χ0) is 22.5. The molecule has 5 nitrogen and oxygen atoms in total. The van der Waals surface area contributed by atoms with Crippen molar-refractivity contribution < 1.29 is 4.79 Å². The molecule has 6 heteroatoms. The van der Waals surface area contributed by atoms with E-state index in [2.05, 4.69) is 69.2 Å². The predicted molar refractivity (Wildman–Crippen MR) is 134 cm³/mol. The zero-order valence-electron chi connectivity index (χ0n) is 18.5. The Labute approximate surface area is 201 Å². The number of benzene rings is 3. The van der Waals surface area contributed by atoms with Crippen LogP contribution in [0.2, 0.25) is 0 Å². The summed E-state index contributed by atoms with van der Waals surface area (Å²) in [6.45, 7) is 3.01. The van der Waals surface area contributed by atoms with E-state index in [9.17, 15) is 4.79 Å². The van der Waals surface area contributed by atoms with Crippen LogP contribution >= 0.6 is 15.9 Å². The van der Waals surface area contributed by atoms with Gasteiger partial charge in [-0.1, -0.05) is 58.4 Å². The first-order valence-electron chi connectivity index (χ1n) is 11.5. The van der Waals surface area contributed by atoms with Crippen LogP contribution in [0.4, 0.5) is 0 Å². The van der Waals surface area contributed by atoms with Crippen LogP contribution in [-0.2, 0) is 6.42 Å². The number of H-pyrrole nitrogens is 1. The average Bonchev–Trinajstić information content (AvgIpc) is 3.52. The molecule has 2 bridgehead atoms. The van der Waals surface area contributed by atoms with Gasteiger partial charge in [-0.2, -0.15) is 0 Å². The lowest BCUT2D eigenvalue weighted by molar-refractivity contribution is 0.0197. The number of aromatic nitrogens is 2. The third kappa shape index (κ3) is 3.58. The van der Waals surface area contributed by atoms with Crippen molar-refractivity contribution in [1.29, 1.82) is 0 Å². The molecule has 3 aromatic carbocycles. The molecule has 6 rings (SSSR count). The van der Waals surface area contributed by atoms with Crippen LogP contribution < -0.4 is 0 Å². The summed E-state index contributed by atoms with van der Waals surface area (Å²) < 4.78 is 0.868. The molecular formula is C27H25BrN4O. The lowest BCUT2D eigenvalue weighted by atomic mass is 9.97. The van der Waals surface area contributed by atoms with E-state index in [1.54, 1.807) is 0 Å². The van der Waals surface area contributed by atoms with Crippen LogP contribution in [0.5, 0.6) is 0 Å². The molecule has 3 heterocycles. The number of carbonyl (C=O) groups excluding carboxylic acids is 1. The average molecular weight is 501 g/mol. The summed E-state index contributed by atoms with van der Waals surface area (Å²) in [7, 11) is 0. The number of rotatable bonds is 4. The maximum Gasteiger partial charge on any atom is 0.268 e. The number of nitrogens with zero attached hydrogens (tertiary/aromatic N) is 3. The van der Waals surface area contributed by atoms with Crippen molar-refractivity contribution in [2.75, 3.05) is 6.54 Å². The smallest absolute Gasteiger partial charge is 0.268 e. The minimum Gasteiger partial charge on any atom is -0.338 e. The molecule has 2 fully saturated rings. The SMILES string of the molecule is Cc1cccc2[nH]c(-c3ccc(C(=O)N4C5CCN4C(Cc4ccccc4)C5)cc3Br)nc12. The maximum atomic E-state index is 13.5. The molecule has 3 atom stereocenters. The number of para-hydroxylation sites is 1. The fourth-order valence-electron chi connectivity index (χ4n) is 5.37. The van der Waals surface area contributed by atoms with Crippen molar-refractivity contribution in [3.63, 3.8) is 0 Å². The standard InChI is InChI=1S/C27H25BrN4O/c1-17-6-5-9-24-25(17)30-26(29-24)22-11-10-19(15-23(22)28)27(33)32-20-12-13-31(32)21(16-20)14-18-7-3-2-4-8-18/h2-11,15,20-21H,12-14,16H2,1H3,(H,29,30). The van der Waals surface area contributed by atoms with E-state index in [-0.39, 0.29) is 5.91 Å². The molecule has 0 saturated carbocycles. The molecule has 2 aliphatic rings. The number of aryl methyl sites for hydroxylation is 1. The van der Waals surface area contributed by atoms with Gasteiger partial charge in [0, 0.05) is 28.2 Å². The Bertz CT molecular complexity index is 1350. The number of hydrogen-bond acceptors (Lipinski definition) is 3. The second kappa shape index (κ2) is 8.12. The van der Waals surface area contributed by atoms with Gasteiger partial charge in [0.25, 0.3) is 5.91 Å². The molecule has 33 heavy (non-hydrogen) atoms. The summed E-state index contributed by atoms with van der Waals surface area (Å²) >= 11 is 3.69. The highest BCUT2D eigenvalue weighted by molar-refractivity contribution is 9.10. The molecule has 2 aliphatic heterocycles. The van der Waals surface area contributed by atoms with Gasteiger partial charge in [0.15, 0.2) is 0 Å². The van der Waals surface area contributed by atoms with Crippen molar-refractivity contribution in [2.45, 2.75) is 38.3 Å². The highest BCUT2D eigenvalue weighted by Crippen LogP contribution is 2.37. The first kappa shape index (κ1) is 20.6. The van der Waals surface area contributed by atoms with Crippen LogP contribution in [0.15, 0.2) is 71.2 Å².